The summed E-state index contributed by atoms with van der Waals surface area (Å²) in [5.74, 6) is -2.02. The van der Waals surface area contributed by atoms with Gasteiger partial charge in [-0.2, -0.15) is 0 Å². The van der Waals surface area contributed by atoms with Crippen LogP contribution in [0.5, 0.6) is 0 Å². The highest BCUT2D eigenvalue weighted by Gasteiger charge is 2.53. The number of carboxylic acids is 1. The Bertz CT molecular complexity index is 936. The molecule has 3 unspecified atom stereocenters. The smallest absolute Gasteiger partial charge is 0.326 e. The summed E-state index contributed by atoms with van der Waals surface area (Å²) in [4.78, 5) is 27.0. The number of nitrogens with one attached hydrogen (secondary N) is 1. The Morgan fingerprint density at radius 2 is 2.06 bits per heavy atom. The molecule has 1 aromatic carbocycles. The van der Waals surface area contributed by atoms with E-state index >= 15 is 0 Å². The maximum atomic E-state index is 13.5. The number of amides is 1. The van der Waals surface area contributed by atoms with Gasteiger partial charge in [-0.15, -0.1) is 0 Å². The van der Waals surface area contributed by atoms with E-state index in [1.807, 2.05) is 44.2 Å². The minimum absolute atomic E-state index is 0.215. The van der Waals surface area contributed by atoms with E-state index < -0.39 is 23.8 Å². The average Bonchev–Trinajstić information content (AvgIpc) is 3.62. The van der Waals surface area contributed by atoms with E-state index in [2.05, 4.69) is 24.0 Å². The molecule has 0 saturated carbocycles. The number of hydrogen-bond donors (Lipinski definition) is 2. The van der Waals surface area contributed by atoms with Gasteiger partial charge in [0.25, 0.3) is 0 Å². The number of carbonyl (C=O) groups excluding carboxylic acids is 1. The van der Waals surface area contributed by atoms with Gasteiger partial charge in [-0.05, 0) is 50.3 Å². The maximum absolute atomic E-state index is 13.5. The molecule has 2 heterocycles. The number of nitrogens with zero attached hydrogens (tertiary/aromatic N) is 1. The number of carbonyl (C=O) groups is 2. The predicted octanol–water partition coefficient (Wildman–Crippen LogP) is 3.47. The molecule has 4 atom stereocenters. The fourth-order valence-corrected chi connectivity index (χ4v) is 4.58. The summed E-state index contributed by atoms with van der Waals surface area (Å²) < 4.78 is 11.6. The van der Waals surface area contributed by atoms with Crippen LogP contribution in [0.25, 0.3) is 0 Å². The third-order valence-corrected chi connectivity index (χ3v) is 6.46. The topological polar surface area (TPSA) is 91.4 Å². The number of aryl methyl sites for hydroxylation is 1. The van der Waals surface area contributed by atoms with Crippen molar-refractivity contribution in [3.8, 4) is 0 Å². The Morgan fingerprint density at radius 1 is 1.35 bits per heavy atom. The number of aliphatic carboxylic acids is 1. The van der Waals surface area contributed by atoms with Crippen LogP contribution in [-0.2, 0) is 25.5 Å². The fourth-order valence-electron chi connectivity index (χ4n) is 4.58. The molecule has 0 bridgehead atoms. The van der Waals surface area contributed by atoms with Gasteiger partial charge < -0.3 is 19.5 Å². The Labute approximate surface area is 202 Å². The number of allylic oxidation sites excluding steroid dienone is 2. The zero-order valence-electron chi connectivity index (χ0n) is 20.3. The third kappa shape index (κ3) is 6.03. The molecule has 3 rings (SSSR count). The SMILES string of the molecule is C=CC1=C(/C=C\C)C[C@@H](C(=O)O)N(C(=O)C(C)NC(CCc2ccccc2)C2(OCC)CO2)C1. The molecular formula is C27H36N2O5. The molecule has 0 radical (unpaired) electrons. The first-order valence-electron chi connectivity index (χ1n) is 11.9. The summed E-state index contributed by atoms with van der Waals surface area (Å²) in [5.41, 5.74) is 2.96. The number of benzene rings is 1. The van der Waals surface area contributed by atoms with Gasteiger partial charge >= 0.3 is 5.97 Å². The number of ether oxygens (including phenoxy) is 2. The van der Waals surface area contributed by atoms with Crippen LogP contribution in [0, 0.1) is 0 Å². The van der Waals surface area contributed by atoms with Gasteiger partial charge in [0.2, 0.25) is 11.7 Å². The van der Waals surface area contributed by atoms with Gasteiger partial charge in [-0.25, -0.2) is 4.79 Å². The van der Waals surface area contributed by atoms with Crippen LogP contribution < -0.4 is 5.32 Å². The van der Waals surface area contributed by atoms with Crippen LogP contribution in [-0.4, -0.2) is 65.6 Å². The normalized spacial score (nSPS) is 24.2. The maximum Gasteiger partial charge on any atom is 0.326 e. The first kappa shape index (κ1) is 25.9. The van der Waals surface area contributed by atoms with E-state index in [4.69, 9.17) is 9.47 Å². The number of rotatable bonds is 12. The van der Waals surface area contributed by atoms with Gasteiger partial charge in [-0.1, -0.05) is 55.1 Å². The molecule has 7 nitrogen and oxygen atoms in total. The van der Waals surface area contributed by atoms with Gasteiger partial charge in [0, 0.05) is 19.6 Å². The lowest BCUT2D eigenvalue weighted by Gasteiger charge is -2.37. The van der Waals surface area contributed by atoms with Crippen molar-refractivity contribution in [2.24, 2.45) is 0 Å². The largest absolute Gasteiger partial charge is 0.480 e. The van der Waals surface area contributed by atoms with E-state index in [0.29, 0.717) is 19.6 Å². The van der Waals surface area contributed by atoms with E-state index in [1.54, 1.807) is 13.0 Å². The van der Waals surface area contributed by atoms with Gasteiger partial charge in [0.1, 0.15) is 12.6 Å². The molecule has 2 N–H and O–H groups in total. The van der Waals surface area contributed by atoms with Crippen molar-refractivity contribution in [3.05, 3.63) is 71.8 Å². The van der Waals surface area contributed by atoms with E-state index in [1.165, 1.54) is 10.5 Å². The highest BCUT2D eigenvalue weighted by molar-refractivity contribution is 5.88. The highest BCUT2D eigenvalue weighted by atomic mass is 16.8. The Hall–Kier alpha value is -2.74. The molecule has 0 aliphatic carbocycles. The van der Waals surface area contributed by atoms with Crippen molar-refractivity contribution in [3.63, 3.8) is 0 Å². The van der Waals surface area contributed by atoms with Crippen molar-refractivity contribution in [2.45, 2.75) is 63.9 Å². The van der Waals surface area contributed by atoms with Crippen molar-refractivity contribution >= 4 is 11.9 Å². The molecule has 1 saturated heterocycles. The van der Waals surface area contributed by atoms with Crippen LogP contribution in [0.4, 0.5) is 0 Å². The Morgan fingerprint density at radius 3 is 2.62 bits per heavy atom. The lowest BCUT2D eigenvalue weighted by Crippen LogP contribution is -2.57. The molecule has 2 aliphatic rings. The molecule has 1 aromatic rings. The van der Waals surface area contributed by atoms with Crippen molar-refractivity contribution in [1.82, 2.24) is 10.2 Å². The summed E-state index contributed by atoms with van der Waals surface area (Å²) in [6.07, 6.45) is 7.24. The minimum atomic E-state index is -1.01. The summed E-state index contributed by atoms with van der Waals surface area (Å²) in [6, 6.07) is 8.39. The minimum Gasteiger partial charge on any atom is -0.480 e. The van der Waals surface area contributed by atoms with Crippen LogP contribution in [0.3, 0.4) is 0 Å². The molecule has 0 spiro atoms. The average molecular weight is 469 g/mol. The van der Waals surface area contributed by atoms with E-state index in [9.17, 15) is 14.7 Å². The molecule has 0 aromatic heterocycles. The fraction of sp³-hybridized carbons (Fsp3) is 0.481. The summed E-state index contributed by atoms with van der Waals surface area (Å²) in [5, 5.41) is 13.3. The number of hydrogen-bond acceptors (Lipinski definition) is 5. The summed E-state index contributed by atoms with van der Waals surface area (Å²) in [6.45, 7) is 10.6. The van der Waals surface area contributed by atoms with Gasteiger partial charge in [0.15, 0.2) is 0 Å². The first-order valence-corrected chi connectivity index (χ1v) is 11.9. The zero-order chi connectivity index (χ0) is 24.7. The molecule has 184 valence electrons. The second-order valence-electron chi connectivity index (χ2n) is 8.78. The summed E-state index contributed by atoms with van der Waals surface area (Å²) in [7, 11) is 0. The van der Waals surface area contributed by atoms with Crippen LogP contribution >= 0.6 is 0 Å². The lowest BCUT2D eigenvalue weighted by atomic mass is 9.92. The summed E-state index contributed by atoms with van der Waals surface area (Å²) >= 11 is 0. The van der Waals surface area contributed by atoms with Crippen LogP contribution in [0.1, 0.15) is 39.2 Å². The number of epoxide rings is 1. The monoisotopic (exact) mass is 468 g/mol. The van der Waals surface area contributed by atoms with Crippen molar-refractivity contribution in [1.29, 1.82) is 0 Å². The third-order valence-electron chi connectivity index (χ3n) is 6.46. The van der Waals surface area contributed by atoms with E-state index in [-0.39, 0.29) is 24.9 Å². The Balaban J connectivity index is 1.77. The quantitative estimate of drug-likeness (QED) is 0.457. The molecule has 34 heavy (non-hydrogen) atoms. The standard InChI is InChI=1S/C27H36N2O5/c1-5-11-22-16-23(26(31)32)29(17-21(22)6-2)25(30)19(4)28-24(27(18-34-27)33-7-3)15-14-20-12-9-8-10-13-20/h5-6,8-13,19,23-24,28H,2,7,14-18H2,1,3-4H3,(H,31,32)/b11-5-/t19?,23-,24?,27?/m0/s1. The van der Waals surface area contributed by atoms with Crippen LogP contribution in [0.15, 0.2) is 66.3 Å². The molecular weight excluding hydrogens is 432 g/mol. The van der Waals surface area contributed by atoms with Crippen LogP contribution in [0.2, 0.25) is 0 Å². The molecule has 7 heteroatoms. The first-order chi connectivity index (χ1) is 16.3. The predicted molar refractivity (Wildman–Crippen MR) is 131 cm³/mol. The number of carboxylic acid groups (broad SMARTS) is 1. The lowest BCUT2D eigenvalue weighted by molar-refractivity contribution is -0.151. The van der Waals surface area contributed by atoms with Crippen molar-refractivity contribution < 1.29 is 24.2 Å². The van der Waals surface area contributed by atoms with Gasteiger partial charge in [0.05, 0.1) is 12.1 Å². The van der Waals surface area contributed by atoms with Gasteiger partial charge in [-0.3, -0.25) is 10.1 Å². The highest BCUT2D eigenvalue weighted by Crippen LogP contribution is 2.35. The molecule has 1 amide bonds. The van der Waals surface area contributed by atoms with E-state index in [0.717, 1.165) is 17.6 Å². The Kier molecular flexibility index (Phi) is 8.83. The second kappa shape index (κ2) is 11.6. The molecule has 2 aliphatic heterocycles. The zero-order valence-corrected chi connectivity index (χ0v) is 20.3. The second-order valence-corrected chi connectivity index (χ2v) is 8.78. The van der Waals surface area contributed by atoms with Crippen molar-refractivity contribution in [2.75, 3.05) is 19.8 Å². The molecule has 1 fully saturated rings.